The molecule has 3 unspecified atom stereocenters. The molecule has 1 saturated heterocycles. The van der Waals surface area contributed by atoms with E-state index in [9.17, 15) is 0 Å². The van der Waals surface area contributed by atoms with E-state index >= 15 is 0 Å². The van der Waals surface area contributed by atoms with Crippen molar-refractivity contribution < 1.29 is 4.74 Å². The van der Waals surface area contributed by atoms with Gasteiger partial charge in [0, 0.05) is 13.1 Å². The summed E-state index contributed by atoms with van der Waals surface area (Å²) in [6, 6.07) is 0. The van der Waals surface area contributed by atoms with Crippen LogP contribution in [-0.4, -0.2) is 37.0 Å². The summed E-state index contributed by atoms with van der Waals surface area (Å²) in [5, 5.41) is 0. The molecule has 3 heteroatoms. The van der Waals surface area contributed by atoms with Crippen LogP contribution in [0.1, 0.15) is 32.6 Å². The van der Waals surface area contributed by atoms with Gasteiger partial charge < -0.3 is 9.64 Å². The summed E-state index contributed by atoms with van der Waals surface area (Å²) < 4.78 is 5.95. The third-order valence-corrected chi connectivity index (χ3v) is 4.02. The van der Waals surface area contributed by atoms with Gasteiger partial charge in [0.2, 0.25) is 0 Å². The Labute approximate surface area is 89.6 Å². The van der Waals surface area contributed by atoms with Crippen molar-refractivity contribution in [3.05, 3.63) is 0 Å². The van der Waals surface area contributed by atoms with Crippen molar-refractivity contribution in [2.24, 2.45) is 5.41 Å². The number of likely N-dealkylation sites (N-methyl/N-ethyl adjacent to an activating group) is 1. The molecular weight excluding hydrogens is 193 g/mol. The van der Waals surface area contributed by atoms with Gasteiger partial charge in [-0.3, -0.25) is 0 Å². The molecule has 82 valence electrons. The van der Waals surface area contributed by atoms with E-state index in [1.165, 1.54) is 25.7 Å². The lowest BCUT2D eigenvalue weighted by Crippen LogP contribution is -2.46. The van der Waals surface area contributed by atoms with Crippen LogP contribution in [0, 0.1) is 5.41 Å². The van der Waals surface area contributed by atoms with Crippen LogP contribution in [0.4, 0.5) is 0 Å². The Bertz CT molecular complexity index is 195. The minimum atomic E-state index is 0.336. The number of ether oxygens (including phenoxy) is 1. The predicted molar refractivity (Wildman–Crippen MR) is 62.4 cm³/mol. The molecule has 0 aromatic heterocycles. The lowest BCUT2D eigenvalue weighted by Gasteiger charge is -2.44. The summed E-state index contributed by atoms with van der Waals surface area (Å²) in [5.74, 6) is 0.336. The molecule has 0 N–H and O–H groups in total. The van der Waals surface area contributed by atoms with Crippen LogP contribution in [0.2, 0.25) is 0 Å². The van der Waals surface area contributed by atoms with E-state index in [-0.39, 0.29) is 0 Å². The monoisotopic (exact) mass is 215 g/mol. The van der Waals surface area contributed by atoms with E-state index < -0.39 is 0 Å². The molecule has 2 nitrogen and oxygen atoms in total. The maximum Gasteiger partial charge on any atom is 0.0838 e. The van der Waals surface area contributed by atoms with Crippen molar-refractivity contribution in [2.45, 2.75) is 44.6 Å². The smallest absolute Gasteiger partial charge is 0.0838 e. The summed E-state index contributed by atoms with van der Waals surface area (Å²) in [6.45, 7) is 4.57. The highest BCUT2D eigenvalue weighted by atomic mass is 31.0. The van der Waals surface area contributed by atoms with Gasteiger partial charge in [0.1, 0.15) is 0 Å². The number of hydrogen-bond donors (Lipinski definition) is 0. The zero-order valence-electron chi connectivity index (χ0n) is 9.33. The van der Waals surface area contributed by atoms with Crippen LogP contribution < -0.4 is 0 Å². The van der Waals surface area contributed by atoms with E-state index in [2.05, 4.69) is 28.1 Å². The summed E-state index contributed by atoms with van der Waals surface area (Å²) in [5.41, 5.74) is 0.591. The zero-order chi connectivity index (χ0) is 10.2. The van der Waals surface area contributed by atoms with Gasteiger partial charge in [0.15, 0.2) is 0 Å². The molecule has 14 heavy (non-hydrogen) atoms. The standard InChI is InChI=1S/C11H22NOP/c1-11(4-3-5-11)6-9-7-12(2)8-10(14)13-9/h9-10H,3-8,14H2,1-2H3. The molecule has 3 atom stereocenters. The van der Waals surface area contributed by atoms with Crippen LogP contribution >= 0.6 is 9.24 Å². The topological polar surface area (TPSA) is 12.5 Å². The molecule has 2 rings (SSSR count). The van der Waals surface area contributed by atoms with Crippen LogP contribution in [0.5, 0.6) is 0 Å². The molecule has 0 aromatic carbocycles. The highest BCUT2D eigenvalue weighted by molar-refractivity contribution is 7.17. The van der Waals surface area contributed by atoms with Gasteiger partial charge in [-0.15, -0.1) is 9.24 Å². The van der Waals surface area contributed by atoms with Gasteiger partial charge in [0.25, 0.3) is 0 Å². The highest BCUT2D eigenvalue weighted by Crippen LogP contribution is 2.45. The van der Waals surface area contributed by atoms with Crippen LogP contribution in [0.15, 0.2) is 0 Å². The van der Waals surface area contributed by atoms with Crippen molar-refractivity contribution >= 4 is 9.24 Å². The minimum Gasteiger partial charge on any atom is -0.368 e. The summed E-state index contributed by atoms with van der Waals surface area (Å²) in [7, 11) is 4.98. The third-order valence-electron chi connectivity index (χ3n) is 3.66. The average Bonchev–Trinajstić information content (AvgIpc) is 1.99. The van der Waals surface area contributed by atoms with Crippen LogP contribution in [-0.2, 0) is 4.74 Å². The van der Waals surface area contributed by atoms with Crippen LogP contribution in [0.3, 0.4) is 0 Å². The predicted octanol–water partition coefficient (Wildman–Crippen LogP) is 2.10. The largest absolute Gasteiger partial charge is 0.368 e. The van der Waals surface area contributed by atoms with E-state index in [0.29, 0.717) is 17.4 Å². The molecule has 0 radical (unpaired) electrons. The summed E-state index contributed by atoms with van der Waals surface area (Å²) in [4.78, 5) is 2.38. The second-order valence-electron chi connectivity index (χ2n) is 5.39. The Morgan fingerprint density at radius 1 is 1.43 bits per heavy atom. The molecule has 1 heterocycles. The van der Waals surface area contributed by atoms with Crippen LogP contribution in [0.25, 0.3) is 0 Å². The minimum absolute atomic E-state index is 0.336. The Hall–Kier alpha value is 0.350. The van der Waals surface area contributed by atoms with Gasteiger partial charge in [-0.2, -0.15) is 0 Å². The first-order valence-corrected chi connectivity index (χ1v) is 6.34. The Morgan fingerprint density at radius 2 is 2.14 bits per heavy atom. The van der Waals surface area contributed by atoms with E-state index in [1.807, 2.05) is 0 Å². The fourth-order valence-corrected chi connectivity index (χ4v) is 3.29. The third kappa shape index (κ3) is 2.48. The van der Waals surface area contributed by atoms with E-state index in [1.54, 1.807) is 0 Å². The second-order valence-corrected chi connectivity index (χ2v) is 6.13. The average molecular weight is 215 g/mol. The van der Waals surface area contributed by atoms with Crippen molar-refractivity contribution in [3.63, 3.8) is 0 Å². The fraction of sp³-hybridized carbons (Fsp3) is 1.00. The first-order chi connectivity index (χ1) is 6.57. The maximum absolute atomic E-state index is 5.95. The summed E-state index contributed by atoms with van der Waals surface area (Å²) in [6.07, 6.45) is 5.93. The number of rotatable bonds is 2. The second kappa shape index (κ2) is 4.08. The molecule has 1 aliphatic heterocycles. The Morgan fingerprint density at radius 3 is 2.64 bits per heavy atom. The van der Waals surface area contributed by atoms with E-state index in [4.69, 9.17) is 4.74 Å². The van der Waals surface area contributed by atoms with E-state index in [0.717, 1.165) is 13.1 Å². The van der Waals surface area contributed by atoms with Crippen molar-refractivity contribution in [1.82, 2.24) is 4.90 Å². The zero-order valence-corrected chi connectivity index (χ0v) is 10.5. The first kappa shape index (κ1) is 10.9. The van der Waals surface area contributed by atoms with Gasteiger partial charge in [-0.25, -0.2) is 0 Å². The Kier molecular flexibility index (Phi) is 3.16. The molecule has 2 fully saturated rings. The number of hydrogen-bond acceptors (Lipinski definition) is 2. The number of nitrogens with zero attached hydrogens (tertiary/aromatic N) is 1. The highest BCUT2D eigenvalue weighted by Gasteiger charge is 2.36. The molecule has 1 aliphatic carbocycles. The van der Waals surface area contributed by atoms with Crippen molar-refractivity contribution in [2.75, 3.05) is 20.1 Å². The molecule has 0 bridgehead atoms. The molecule has 0 aromatic rings. The molecule has 0 spiro atoms. The quantitative estimate of drug-likeness (QED) is 0.654. The molecule has 0 amide bonds. The van der Waals surface area contributed by atoms with Gasteiger partial charge >= 0.3 is 0 Å². The summed E-state index contributed by atoms with van der Waals surface area (Å²) >= 11 is 0. The van der Waals surface area contributed by atoms with Gasteiger partial charge in [-0.05, 0) is 31.7 Å². The van der Waals surface area contributed by atoms with Gasteiger partial charge in [-0.1, -0.05) is 13.3 Å². The number of morpholine rings is 1. The van der Waals surface area contributed by atoms with Crippen molar-refractivity contribution in [1.29, 1.82) is 0 Å². The Balaban J connectivity index is 1.84. The SMILES string of the molecule is CN1CC(P)OC(CC2(C)CCC2)C1. The fourth-order valence-electron chi connectivity index (χ4n) is 2.71. The lowest BCUT2D eigenvalue weighted by molar-refractivity contribution is -0.0687. The molecule has 1 saturated carbocycles. The molecular formula is C11H22NOP. The van der Waals surface area contributed by atoms with Gasteiger partial charge in [0.05, 0.1) is 11.9 Å². The van der Waals surface area contributed by atoms with Crippen molar-refractivity contribution in [3.8, 4) is 0 Å². The molecule has 2 aliphatic rings. The maximum atomic E-state index is 5.95. The lowest BCUT2D eigenvalue weighted by atomic mass is 9.67. The normalized spacial score (nSPS) is 37.9. The first-order valence-electron chi connectivity index (χ1n) is 5.67.